The zero-order valence-electron chi connectivity index (χ0n) is 14.4. The molecule has 0 fully saturated rings. The summed E-state index contributed by atoms with van der Waals surface area (Å²) in [6.07, 6.45) is 0.00655. The standard InChI is InChI=1S/C18H21NO5S/c1-11-4-6-13(25-11)9-17(20)19-14(10-18(21)22)12-5-7-15(23-2)16(8-12)24-3/h4-8,14H,9-10H2,1-3H3,(H,19,20)(H,21,22). The van der Waals surface area contributed by atoms with Crippen LogP contribution >= 0.6 is 11.3 Å². The number of carbonyl (C=O) groups excluding carboxylic acids is 1. The van der Waals surface area contributed by atoms with Gasteiger partial charge in [-0.1, -0.05) is 6.07 Å². The first-order valence-corrected chi connectivity index (χ1v) is 8.53. The van der Waals surface area contributed by atoms with Crippen LogP contribution < -0.4 is 14.8 Å². The van der Waals surface area contributed by atoms with Gasteiger partial charge in [-0.3, -0.25) is 9.59 Å². The summed E-state index contributed by atoms with van der Waals surface area (Å²) in [6.45, 7) is 1.98. The SMILES string of the molecule is COc1ccc(C(CC(=O)O)NC(=O)Cc2ccc(C)s2)cc1OC. The average molecular weight is 363 g/mol. The van der Waals surface area contributed by atoms with Crippen molar-refractivity contribution in [3.8, 4) is 11.5 Å². The summed E-state index contributed by atoms with van der Waals surface area (Å²) in [5.41, 5.74) is 0.649. The molecule has 1 aromatic carbocycles. The number of benzene rings is 1. The molecule has 0 spiro atoms. The zero-order chi connectivity index (χ0) is 18.4. The minimum atomic E-state index is -0.993. The van der Waals surface area contributed by atoms with Gasteiger partial charge in [-0.05, 0) is 36.8 Å². The third-order valence-electron chi connectivity index (χ3n) is 3.65. The van der Waals surface area contributed by atoms with Crippen LogP contribution in [0.3, 0.4) is 0 Å². The van der Waals surface area contributed by atoms with Gasteiger partial charge in [-0.25, -0.2) is 0 Å². The molecule has 0 aliphatic carbocycles. The van der Waals surface area contributed by atoms with Gasteiger partial charge in [0, 0.05) is 9.75 Å². The van der Waals surface area contributed by atoms with Crippen molar-refractivity contribution in [2.45, 2.75) is 25.8 Å². The number of thiophene rings is 1. The number of aliphatic carboxylic acids is 1. The molecule has 6 nitrogen and oxygen atoms in total. The quantitative estimate of drug-likeness (QED) is 0.753. The molecule has 0 saturated heterocycles. The molecule has 1 unspecified atom stereocenters. The van der Waals surface area contributed by atoms with Crippen LogP contribution in [-0.2, 0) is 16.0 Å². The summed E-state index contributed by atoms with van der Waals surface area (Å²) in [6, 6.07) is 8.31. The number of ether oxygens (including phenoxy) is 2. The van der Waals surface area contributed by atoms with Crippen molar-refractivity contribution in [1.82, 2.24) is 5.32 Å². The van der Waals surface area contributed by atoms with Crippen molar-refractivity contribution < 1.29 is 24.2 Å². The summed E-state index contributed by atoms with van der Waals surface area (Å²) in [4.78, 5) is 25.6. The Morgan fingerprint density at radius 2 is 1.88 bits per heavy atom. The van der Waals surface area contributed by atoms with Gasteiger partial charge in [0.05, 0.1) is 33.1 Å². The van der Waals surface area contributed by atoms with Crippen molar-refractivity contribution in [2.75, 3.05) is 14.2 Å². The van der Waals surface area contributed by atoms with E-state index in [-0.39, 0.29) is 18.7 Å². The maximum atomic E-state index is 12.3. The second kappa shape index (κ2) is 8.53. The normalized spacial score (nSPS) is 11.6. The first-order chi connectivity index (χ1) is 11.9. The summed E-state index contributed by atoms with van der Waals surface area (Å²) >= 11 is 1.55. The first-order valence-electron chi connectivity index (χ1n) is 7.71. The molecular weight excluding hydrogens is 342 g/mol. The Kier molecular flexibility index (Phi) is 6.41. The lowest BCUT2D eigenvalue weighted by Gasteiger charge is -2.19. The van der Waals surface area contributed by atoms with Gasteiger partial charge in [0.25, 0.3) is 0 Å². The van der Waals surface area contributed by atoms with Crippen LogP contribution in [-0.4, -0.2) is 31.2 Å². The van der Waals surface area contributed by atoms with E-state index in [0.717, 1.165) is 9.75 Å². The molecule has 1 amide bonds. The van der Waals surface area contributed by atoms with E-state index in [2.05, 4.69) is 5.32 Å². The summed E-state index contributed by atoms with van der Waals surface area (Å²) in [7, 11) is 3.03. The molecule has 7 heteroatoms. The number of methoxy groups -OCH3 is 2. The van der Waals surface area contributed by atoms with E-state index < -0.39 is 12.0 Å². The van der Waals surface area contributed by atoms with Crippen molar-refractivity contribution in [2.24, 2.45) is 0 Å². The largest absolute Gasteiger partial charge is 0.493 e. The number of amides is 1. The number of hydrogen-bond acceptors (Lipinski definition) is 5. The van der Waals surface area contributed by atoms with E-state index in [4.69, 9.17) is 9.47 Å². The first kappa shape index (κ1) is 18.8. The summed E-state index contributed by atoms with van der Waals surface area (Å²) < 4.78 is 10.4. The Morgan fingerprint density at radius 3 is 2.44 bits per heavy atom. The summed E-state index contributed by atoms with van der Waals surface area (Å²) in [5.74, 6) is -0.186. The second-order valence-electron chi connectivity index (χ2n) is 5.52. The molecule has 2 N–H and O–H groups in total. The fraction of sp³-hybridized carbons (Fsp3) is 0.333. The van der Waals surface area contributed by atoms with Crippen LogP contribution in [0.5, 0.6) is 11.5 Å². The highest BCUT2D eigenvalue weighted by Gasteiger charge is 2.20. The van der Waals surface area contributed by atoms with Crippen molar-refractivity contribution >= 4 is 23.2 Å². The number of nitrogens with one attached hydrogen (secondary N) is 1. The third kappa shape index (κ3) is 5.22. The molecule has 2 aromatic rings. The predicted molar refractivity (Wildman–Crippen MR) is 95.4 cm³/mol. The molecule has 134 valence electrons. The van der Waals surface area contributed by atoms with Gasteiger partial charge in [-0.15, -0.1) is 11.3 Å². The lowest BCUT2D eigenvalue weighted by Crippen LogP contribution is -2.31. The molecule has 0 aliphatic heterocycles. The lowest BCUT2D eigenvalue weighted by atomic mass is 10.0. The lowest BCUT2D eigenvalue weighted by molar-refractivity contribution is -0.137. The average Bonchev–Trinajstić information content (AvgIpc) is 2.97. The minimum absolute atomic E-state index is 0.218. The molecule has 0 aliphatic rings. The molecular formula is C18H21NO5S. The van der Waals surface area contributed by atoms with Crippen LogP contribution in [0.2, 0.25) is 0 Å². The molecule has 25 heavy (non-hydrogen) atoms. The highest BCUT2D eigenvalue weighted by molar-refractivity contribution is 7.12. The van der Waals surface area contributed by atoms with E-state index in [1.54, 1.807) is 29.5 Å². The Hall–Kier alpha value is -2.54. The number of rotatable bonds is 8. The number of carboxylic acid groups (broad SMARTS) is 1. The maximum absolute atomic E-state index is 12.3. The Morgan fingerprint density at radius 1 is 1.16 bits per heavy atom. The molecule has 0 saturated carbocycles. The van der Waals surface area contributed by atoms with Gasteiger partial charge < -0.3 is 19.9 Å². The molecule has 1 atom stereocenters. The van der Waals surface area contributed by atoms with E-state index in [1.165, 1.54) is 14.2 Å². The van der Waals surface area contributed by atoms with Crippen molar-refractivity contribution in [1.29, 1.82) is 0 Å². The zero-order valence-corrected chi connectivity index (χ0v) is 15.2. The van der Waals surface area contributed by atoms with E-state index in [0.29, 0.717) is 17.1 Å². The van der Waals surface area contributed by atoms with Gasteiger partial charge in [0.15, 0.2) is 11.5 Å². The van der Waals surface area contributed by atoms with E-state index in [9.17, 15) is 14.7 Å². The van der Waals surface area contributed by atoms with Crippen molar-refractivity contribution in [3.63, 3.8) is 0 Å². The smallest absolute Gasteiger partial charge is 0.305 e. The second-order valence-corrected chi connectivity index (χ2v) is 6.89. The van der Waals surface area contributed by atoms with Crippen LogP contribution in [0.25, 0.3) is 0 Å². The van der Waals surface area contributed by atoms with Crippen LogP contribution in [0.1, 0.15) is 27.8 Å². The molecule has 2 rings (SSSR count). The van der Waals surface area contributed by atoms with Crippen LogP contribution in [0.4, 0.5) is 0 Å². The fourth-order valence-corrected chi connectivity index (χ4v) is 3.37. The Balaban J connectivity index is 2.17. The highest BCUT2D eigenvalue weighted by atomic mass is 32.1. The monoisotopic (exact) mass is 363 g/mol. The highest BCUT2D eigenvalue weighted by Crippen LogP contribution is 2.31. The minimum Gasteiger partial charge on any atom is -0.493 e. The van der Waals surface area contributed by atoms with Gasteiger partial charge in [-0.2, -0.15) is 0 Å². The summed E-state index contributed by atoms with van der Waals surface area (Å²) in [5, 5.41) is 12.0. The van der Waals surface area contributed by atoms with Gasteiger partial charge in [0.2, 0.25) is 5.91 Å². The van der Waals surface area contributed by atoms with Crippen LogP contribution in [0.15, 0.2) is 30.3 Å². The fourth-order valence-electron chi connectivity index (χ4n) is 2.48. The van der Waals surface area contributed by atoms with E-state index in [1.807, 2.05) is 19.1 Å². The number of carboxylic acids is 1. The maximum Gasteiger partial charge on any atom is 0.305 e. The Labute approximate surface area is 150 Å². The Bertz CT molecular complexity index is 756. The predicted octanol–water partition coefficient (Wildman–Crippen LogP) is 2.95. The topological polar surface area (TPSA) is 84.9 Å². The number of carbonyl (C=O) groups is 2. The number of hydrogen-bond donors (Lipinski definition) is 2. The van der Waals surface area contributed by atoms with Crippen LogP contribution in [0, 0.1) is 6.92 Å². The number of aryl methyl sites for hydroxylation is 1. The molecule has 0 bridgehead atoms. The third-order valence-corrected chi connectivity index (χ3v) is 4.66. The van der Waals surface area contributed by atoms with E-state index >= 15 is 0 Å². The van der Waals surface area contributed by atoms with Crippen molar-refractivity contribution in [3.05, 3.63) is 45.6 Å². The van der Waals surface area contributed by atoms with Gasteiger partial charge in [0.1, 0.15) is 0 Å². The molecule has 1 aromatic heterocycles. The molecule has 0 radical (unpaired) electrons. The molecule has 1 heterocycles. The van der Waals surface area contributed by atoms with Gasteiger partial charge >= 0.3 is 5.97 Å².